The first-order valence-electron chi connectivity index (χ1n) is 12.7. The van der Waals surface area contributed by atoms with Crippen molar-refractivity contribution in [1.29, 1.82) is 0 Å². The number of aromatic nitrogens is 2. The summed E-state index contributed by atoms with van der Waals surface area (Å²) in [5, 5.41) is 14.3. The number of hydrogen-bond acceptors (Lipinski definition) is 5. The van der Waals surface area contributed by atoms with Crippen LogP contribution in [0.25, 0.3) is 44.1 Å². The van der Waals surface area contributed by atoms with Crippen LogP contribution in [0.2, 0.25) is 0 Å². The topological polar surface area (TPSA) is 83.0 Å². The molecule has 198 valence electrons. The fourth-order valence-corrected chi connectivity index (χ4v) is 6.84. The summed E-state index contributed by atoms with van der Waals surface area (Å²) in [6.07, 6.45) is -0.472. The Bertz CT molecular complexity index is 1670. The molecule has 0 atom stereocenters. The molecule has 0 radical (unpaired) electrons. The number of fused-ring (bicyclic) bond motifs is 2. The van der Waals surface area contributed by atoms with E-state index < -0.39 is 30.1 Å². The van der Waals surface area contributed by atoms with E-state index in [1.807, 2.05) is 12.1 Å². The van der Waals surface area contributed by atoms with E-state index in [1.54, 1.807) is 0 Å². The molecule has 6 aromatic rings. The molecule has 0 spiro atoms. The van der Waals surface area contributed by atoms with Crippen LogP contribution in [-0.2, 0) is 27.3 Å². The van der Waals surface area contributed by atoms with Gasteiger partial charge >= 0.3 is 201 Å². The van der Waals surface area contributed by atoms with Crippen molar-refractivity contribution < 1.29 is 32.4 Å². The molecule has 0 saturated heterocycles. The number of rotatable bonds is 6. The summed E-state index contributed by atoms with van der Waals surface area (Å²) in [5.41, 5.74) is 4.41. The first kappa shape index (κ1) is 27.1. The van der Waals surface area contributed by atoms with Crippen LogP contribution in [0, 0.1) is 0 Å². The summed E-state index contributed by atoms with van der Waals surface area (Å²) in [4.78, 5) is 29.6. The maximum atomic E-state index is 9.83. The van der Waals surface area contributed by atoms with Crippen LogP contribution in [0.5, 0.6) is 0 Å². The van der Waals surface area contributed by atoms with Crippen molar-refractivity contribution in [3.05, 3.63) is 121 Å². The van der Waals surface area contributed by atoms with Gasteiger partial charge in [0.05, 0.1) is 0 Å². The molecule has 6 heteroatoms. The molecule has 0 fully saturated rings. The Morgan fingerprint density at radius 2 is 1.02 bits per heavy atom. The van der Waals surface area contributed by atoms with Gasteiger partial charge in [0, 0.05) is 12.4 Å². The van der Waals surface area contributed by atoms with Gasteiger partial charge in [-0.25, -0.2) is 0 Å². The zero-order valence-electron chi connectivity index (χ0n) is 21.7. The quantitative estimate of drug-likeness (QED) is 0.232. The van der Waals surface area contributed by atoms with E-state index in [1.165, 1.54) is 28.5 Å². The second kappa shape index (κ2) is 12.6. The van der Waals surface area contributed by atoms with E-state index in [9.17, 15) is 14.7 Å². The first-order chi connectivity index (χ1) is 19.5. The number of hydrogen-bond donors (Lipinski definition) is 0. The zero-order valence-corrected chi connectivity index (χ0v) is 24.1. The first-order valence-corrected chi connectivity index (χ1v) is 15.1. The minimum atomic E-state index is -1.31. The van der Waals surface area contributed by atoms with Gasteiger partial charge < -0.3 is 9.90 Å². The molecular weight excluding hydrogens is 677 g/mol. The number of carbonyl (C=O) groups excluding carboxylic acids is 2. The minimum absolute atomic E-state index is 0.375. The van der Waals surface area contributed by atoms with Crippen molar-refractivity contribution in [2.24, 2.45) is 0 Å². The van der Waals surface area contributed by atoms with Gasteiger partial charge in [-0.1, -0.05) is 0 Å². The molecule has 5 nitrogen and oxygen atoms in total. The SMILES string of the molecule is CC(=O)CC(=O)[O-].c1ccc(-c2n[c]([Ir+][c]3cc4ccccc4c(-c4ccccc4)n3)cc3ccccc23)cc1. The Kier molecular flexibility index (Phi) is 8.50. The fourth-order valence-electron chi connectivity index (χ4n) is 4.32. The molecule has 6 rings (SSSR count). The van der Waals surface area contributed by atoms with Gasteiger partial charge in [0.2, 0.25) is 0 Å². The normalized spacial score (nSPS) is 10.7. The van der Waals surface area contributed by atoms with Crippen molar-refractivity contribution in [1.82, 2.24) is 9.97 Å². The van der Waals surface area contributed by atoms with Crippen molar-refractivity contribution in [3.63, 3.8) is 0 Å². The molecule has 40 heavy (non-hydrogen) atoms. The van der Waals surface area contributed by atoms with Crippen molar-refractivity contribution in [2.75, 3.05) is 0 Å². The van der Waals surface area contributed by atoms with E-state index in [0.717, 1.165) is 30.9 Å². The number of carboxylic acid groups (broad SMARTS) is 1. The predicted octanol–water partition coefficient (Wildman–Crippen LogP) is 4.87. The average molecular weight is 702 g/mol. The molecule has 2 heterocycles. The molecule has 0 unspecified atom stereocenters. The third kappa shape index (κ3) is 6.55. The van der Waals surface area contributed by atoms with Gasteiger partial charge in [0.15, 0.2) is 0 Å². The standard InChI is InChI=1S/2C15H10N.C4H6O3.Ir/c2*1-2-7-13(8-3-1)15-14-9-5-4-6-12(14)10-11-16-15;1-3(5)2-4(6)7;/h2*1-10H;2H2,1H3,(H,6,7);/q;;;+1/p-1. The molecule has 4 aromatic carbocycles. The van der Waals surface area contributed by atoms with Crippen LogP contribution in [-0.4, -0.2) is 21.7 Å². The Hall–Kier alpha value is -4.51. The van der Waals surface area contributed by atoms with Crippen LogP contribution in [0.4, 0.5) is 0 Å². The molecule has 0 saturated carbocycles. The maximum absolute atomic E-state index is 9.83. The molecular formula is C34H25IrN2O3. The number of Topliss-reactive ketones (excluding diaryl/α,β-unsaturated/α-hetero) is 1. The molecule has 0 bridgehead atoms. The van der Waals surface area contributed by atoms with Gasteiger partial charge in [0.25, 0.3) is 0 Å². The summed E-state index contributed by atoms with van der Waals surface area (Å²) in [6, 6.07) is 42.5. The Morgan fingerprint density at radius 1 is 0.625 bits per heavy atom. The van der Waals surface area contributed by atoms with Crippen molar-refractivity contribution in [2.45, 2.75) is 13.3 Å². The Balaban J connectivity index is 0.000000411. The number of aliphatic carboxylic acids is 1. The summed E-state index contributed by atoms with van der Waals surface area (Å²) in [5.74, 6) is -1.69. The van der Waals surface area contributed by atoms with Gasteiger partial charge in [-0.05, 0) is 6.92 Å². The molecule has 0 aliphatic rings. The molecule has 0 N–H and O–H groups in total. The van der Waals surface area contributed by atoms with E-state index in [0.29, 0.717) is 0 Å². The van der Waals surface area contributed by atoms with Gasteiger partial charge in [-0.2, -0.15) is 0 Å². The van der Waals surface area contributed by atoms with E-state index in [-0.39, 0.29) is 5.78 Å². The predicted molar refractivity (Wildman–Crippen MR) is 154 cm³/mol. The number of carbonyl (C=O) groups is 2. The summed E-state index contributed by atoms with van der Waals surface area (Å²) >= 11 is -0.729. The van der Waals surface area contributed by atoms with E-state index >= 15 is 0 Å². The summed E-state index contributed by atoms with van der Waals surface area (Å²) < 4.78 is 2.30. The summed E-state index contributed by atoms with van der Waals surface area (Å²) in [6.45, 7) is 1.20. The van der Waals surface area contributed by atoms with Crippen molar-refractivity contribution >= 4 is 41.7 Å². The van der Waals surface area contributed by atoms with E-state index in [2.05, 4.69) is 109 Å². The molecule has 0 amide bonds. The number of ketones is 1. The van der Waals surface area contributed by atoms with Gasteiger partial charge in [-0.15, -0.1) is 0 Å². The van der Waals surface area contributed by atoms with Gasteiger partial charge in [0.1, 0.15) is 5.78 Å². The van der Waals surface area contributed by atoms with E-state index in [4.69, 9.17) is 9.97 Å². The number of benzene rings is 4. The second-order valence-electron chi connectivity index (χ2n) is 9.05. The molecule has 0 aliphatic carbocycles. The molecule has 0 aliphatic heterocycles. The van der Waals surface area contributed by atoms with Crippen LogP contribution in [0.1, 0.15) is 13.3 Å². The fraction of sp³-hybridized carbons (Fsp3) is 0.0588. The Morgan fingerprint density at radius 3 is 1.40 bits per heavy atom. The van der Waals surface area contributed by atoms with Crippen molar-refractivity contribution in [3.8, 4) is 22.5 Å². The monoisotopic (exact) mass is 702 g/mol. The van der Waals surface area contributed by atoms with Gasteiger partial charge in [-0.3, -0.25) is 4.79 Å². The Labute approximate surface area is 240 Å². The summed E-state index contributed by atoms with van der Waals surface area (Å²) in [7, 11) is 0. The second-order valence-corrected chi connectivity index (χ2v) is 12.1. The number of nitrogens with zero attached hydrogens (tertiary/aromatic N) is 2. The number of pyridine rings is 2. The molecule has 2 aromatic heterocycles. The third-order valence-electron chi connectivity index (χ3n) is 6.05. The van der Waals surface area contributed by atoms with Crippen LogP contribution in [0.3, 0.4) is 0 Å². The van der Waals surface area contributed by atoms with Crippen LogP contribution in [0.15, 0.2) is 121 Å². The number of carboxylic acids is 1. The van der Waals surface area contributed by atoms with Crippen LogP contribution >= 0.6 is 0 Å². The third-order valence-corrected chi connectivity index (χ3v) is 8.51. The average Bonchev–Trinajstić information content (AvgIpc) is 2.97. The zero-order chi connectivity index (χ0) is 27.9. The van der Waals surface area contributed by atoms with Crippen LogP contribution < -0.4 is 13.5 Å².